The summed E-state index contributed by atoms with van der Waals surface area (Å²) in [6, 6.07) is 8.66. The molecular weight excluding hydrogens is 403 g/mol. The summed E-state index contributed by atoms with van der Waals surface area (Å²) in [7, 11) is 0. The van der Waals surface area contributed by atoms with Gasteiger partial charge in [-0.3, -0.25) is 35.5 Å². The fraction of sp³-hybridized carbons (Fsp3) is 0. The molecule has 0 aliphatic rings. The Kier molecular flexibility index (Phi) is 4.99. The van der Waals surface area contributed by atoms with E-state index in [0.717, 1.165) is 6.07 Å². The number of nitrogens with one attached hydrogen (secondary N) is 2. The topological polar surface area (TPSA) is 114 Å². The molecule has 2 amide bonds. The zero-order chi connectivity index (χ0) is 16.1. The average Bonchev–Trinajstić information content (AvgIpc) is 2.53. The van der Waals surface area contributed by atoms with Crippen LogP contribution in [0, 0.1) is 13.7 Å². The van der Waals surface area contributed by atoms with Gasteiger partial charge in [0, 0.05) is 21.9 Å². The van der Waals surface area contributed by atoms with E-state index in [2.05, 4.69) is 15.8 Å². The summed E-state index contributed by atoms with van der Waals surface area (Å²) >= 11 is 1.88. The molecule has 112 valence electrons. The van der Waals surface area contributed by atoms with Gasteiger partial charge in [0.2, 0.25) is 0 Å². The van der Waals surface area contributed by atoms with Crippen molar-refractivity contribution in [2.75, 3.05) is 0 Å². The number of amides is 2. The van der Waals surface area contributed by atoms with Crippen molar-refractivity contribution in [1.82, 2.24) is 15.8 Å². The predicted molar refractivity (Wildman–Crippen MR) is 85.0 cm³/mol. The number of pyridine rings is 1. The molecule has 0 bridgehead atoms. The Hall–Kier alpha value is -2.56. The Balaban J connectivity index is 2.08. The molecule has 0 unspecified atom stereocenters. The minimum Gasteiger partial charge on any atom is -0.267 e. The number of nitro groups is 1. The standard InChI is InChI=1S/C13H9IN4O4/c14-10-5-4-8(18(21)22)7-9(10)12(19)16-17-13(20)11-3-1-2-6-15-11/h1-7H,(H,16,19)(H,17,20). The number of nitrogens with zero attached hydrogens (tertiary/aromatic N) is 2. The number of hydrogen-bond acceptors (Lipinski definition) is 5. The van der Waals surface area contributed by atoms with Gasteiger partial charge in [0.05, 0.1) is 10.5 Å². The molecule has 1 aromatic heterocycles. The second-order valence-electron chi connectivity index (χ2n) is 4.04. The number of carbonyl (C=O) groups excluding carboxylic acids is 2. The summed E-state index contributed by atoms with van der Waals surface area (Å²) in [5.74, 6) is -1.24. The SMILES string of the molecule is O=C(NNC(=O)c1cc([N+](=O)[O-])ccc1I)c1ccccn1. The summed E-state index contributed by atoms with van der Waals surface area (Å²) in [6.07, 6.45) is 1.44. The van der Waals surface area contributed by atoms with Gasteiger partial charge >= 0.3 is 0 Å². The van der Waals surface area contributed by atoms with Gasteiger partial charge in [-0.15, -0.1) is 0 Å². The number of hydrazine groups is 1. The molecule has 0 saturated heterocycles. The Morgan fingerprint density at radius 2 is 1.86 bits per heavy atom. The van der Waals surface area contributed by atoms with Crippen molar-refractivity contribution >= 4 is 40.1 Å². The fourth-order valence-corrected chi connectivity index (χ4v) is 2.12. The lowest BCUT2D eigenvalue weighted by Gasteiger charge is -2.08. The van der Waals surface area contributed by atoms with Crippen LogP contribution in [0.4, 0.5) is 5.69 Å². The highest BCUT2D eigenvalue weighted by atomic mass is 127. The first kappa shape index (κ1) is 15.8. The lowest BCUT2D eigenvalue weighted by molar-refractivity contribution is -0.384. The molecule has 0 aliphatic carbocycles. The summed E-state index contributed by atoms with van der Waals surface area (Å²) in [6.45, 7) is 0. The maximum atomic E-state index is 12.0. The van der Waals surface area contributed by atoms with Crippen LogP contribution in [-0.2, 0) is 0 Å². The van der Waals surface area contributed by atoms with Crippen molar-refractivity contribution in [2.45, 2.75) is 0 Å². The van der Waals surface area contributed by atoms with E-state index in [9.17, 15) is 19.7 Å². The summed E-state index contributed by atoms with van der Waals surface area (Å²) in [5.41, 5.74) is 4.42. The van der Waals surface area contributed by atoms with E-state index in [4.69, 9.17) is 0 Å². The van der Waals surface area contributed by atoms with Crippen molar-refractivity contribution < 1.29 is 14.5 Å². The Morgan fingerprint density at radius 1 is 1.14 bits per heavy atom. The first-order valence-corrected chi connectivity index (χ1v) is 7.02. The zero-order valence-corrected chi connectivity index (χ0v) is 13.1. The zero-order valence-electron chi connectivity index (χ0n) is 10.9. The highest BCUT2D eigenvalue weighted by Crippen LogP contribution is 2.19. The van der Waals surface area contributed by atoms with E-state index in [1.807, 2.05) is 22.6 Å². The van der Waals surface area contributed by atoms with Gasteiger partial charge in [-0.25, -0.2) is 0 Å². The predicted octanol–water partition coefficient (Wildman–Crippen LogP) is 1.67. The molecule has 0 radical (unpaired) electrons. The van der Waals surface area contributed by atoms with Crippen LogP contribution in [0.3, 0.4) is 0 Å². The van der Waals surface area contributed by atoms with Crippen LogP contribution in [0.25, 0.3) is 0 Å². The number of hydrogen-bond donors (Lipinski definition) is 2. The second kappa shape index (κ2) is 6.93. The second-order valence-corrected chi connectivity index (χ2v) is 5.21. The Morgan fingerprint density at radius 3 is 2.50 bits per heavy atom. The molecule has 0 aliphatic heterocycles. The van der Waals surface area contributed by atoms with Crippen LogP contribution >= 0.6 is 22.6 Å². The monoisotopic (exact) mass is 412 g/mol. The first-order valence-electron chi connectivity index (χ1n) is 5.94. The summed E-state index contributed by atoms with van der Waals surface area (Å²) < 4.78 is 0.521. The molecule has 0 atom stereocenters. The smallest absolute Gasteiger partial charge is 0.267 e. The van der Waals surface area contributed by atoms with Gasteiger partial charge in [0.15, 0.2) is 0 Å². The third-order valence-corrected chi connectivity index (χ3v) is 3.53. The van der Waals surface area contributed by atoms with E-state index < -0.39 is 16.7 Å². The average molecular weight is 412 g/mol. The molecule has 2 aromatic rings. The van der Waals surface area contributed by atoms with Crippen LogP contribution < -0.4 is 10.9 Å². The third kappa shape index (κ3) is 3.75. The van der Waals surface area contributed by atoms with E-state index in [1.165, 1.54) is 24.4 Å². The third-order valence-electron chi connectivity index (χ3n) is 2.59. The number of benzene rings is 1. The minimum atomic E-state index is -0.655. The highest BCUT2D eigenvalue weighted by molar-refractivity contribution is 14.1. The molecular formula is C13H9IN4O4. The van der Waals surface area contributed by atoms with Gasteiger partial charge in [-0.2, -0.15) is 0 Å². The molecule has 9 heteroatoms. The van der Waals surface area contributed by atoms with Crippen molar-refractivity contribution in [2.24, 2.45) is 0 Å². The van der Waals surface area contributed by atoms with Crippen molar-refractivity contribution in [3.8, 4) is 0 Å². The number of non-ortho nitro benzene ring substituents is 1. The molecule has 2 rings (SSSR count). The Labute approximate surface area is 138 Å². The molecule has 0 fully saturated rings. The minimum absolute atomic E-state index is 0.0936. The number of rotatable bonds is 3. The molecule has 8 nitrogen and oxygen atoms in total. The van der Waals surface area contributed by atoms with Crippen molar-refractivity contribution in [3.05, 3.63) is 67.5 Å². The summed E-state index contributed by atoms with van der Waals surface area (Å²) in [4.78, 5) is 37.7. The normalized spacial score (nSPS) is 9.86. The number of carbonyl (C=O) groups is 2. The number of aromatic nitrogens is 1. The Bertz CT molecular complexity index is 736. The molecule has 0 spiro atoms. The number of nitro benzene ring substituents is 1. The number of halogens is 1. The van der Waals surface area contributed by atoms with E-state index >= 15 is 0 Å². The quantitative estimate of drug-likeness (QED) is 0.452. The van der Waals surface area contributed by atoms with Gasteiger partial charge in [-0.1, -0.05) is 6.07 Å². The van der Waals surface area contributed by atoms with Crippen molar-refractivity contribution in [3.63, 3.8) is 0 Å². The molecule has 0 saturated carbocycles. The lowest BCUT2D eigenvalue weighted by atomic mass is 10.2. The van der Waals surface area contributed by atoms with E-state index in [-0.39, 0.29) is 16.9 Å². The van der Waals surface area contributed by atoms with Crippen LogP contribution in [0.15, 0.2) is 42.6 Å². The maximum absolute atomic E-state index is 12.0. The maximum Gasteiger partial charge on any atom is 0.288 e. The van der Waals surface area contributed by atoms with E-state index in [0.29, 0.717) is 3.57 Å². The first-order chi connectivity index (χ1) is 10.5. The van der Waals surface area contributed by atoms with Crippen LogP contribution in [0.5, 0.6) is 0 Å². The summed E-state index contributed by atoms with van der Waals surface area (Å²) in [5, 5.41) is 10.7. The molecule has 22 heavy (non-hydrogen) atoms. The molecule has 1 heterocycles. The van der Waals surface area contributed by atoms with Crippen LogP contribution in [0.1, 0.15) is 20.8 Å². The van der Waals surface area contributed by atoms with Crippen LogP contribution in [0.2, 0.25) is 0 Å². The van der Waals surface area contributed by atoms with Gasteiger partial charge in [0.25, 0.3) is 17.5 Å². The molecule has 2 N–H and O–H groups in total. The van der Waals surface area contributed by atoms with E-state index in [1.54, 1.807) is 12.1 Å². The lowest BCUT2D eigenvalue weighted by Crippen LogP contribution is -2.42. The molecule has 1 aromatic carbocycles. The van der Waals surface area contributed by atoms with Crippen LogP contribution in [-0.4, -0.2) is 21.7 Å². The van der Waals surface area contributed by atoms with Gasteiger partial charge in [0.1, 0.15) is 5.69 Å². The van der Waals surface area contributed by atoms with Gasteiger partial charge < -0.3 is 0 Å². The fourth-order valence-electron chi connectivity index (χ4n) is 1.54. The highest BCUT2D eigenvalue weighted by Gasteiger charge is 2.16. The van der Waals surface area contributed by atoms with Crippen molar-refractivity contribution in [1.29, 1.82) is 0 Å². The largest absolute Gasteiger partial charge is 0.288 e. The van der Waals surface area contributed by atoms with Gasteiger partial charge in [-0.05, 0) is 40.8 Å².